The number of nitrogens with zero attached hydrogens (tertiary/aromatic N) is 2. The van der Waals surface area contributed by atoms with Crippen molar-refractivity contribution >= 4 is 101 Å². The average Bonchev–Trinajstić information content (AvgIpc) is 3.96. The van der Waals surface area contributed by atoms with Crippen LogP contribution in [0.5, 0.6) is 0 Å². The SMILES string of the molecule is c1ccc([Si-](c2ccccc2)(c2ccccc2)c2cc(-n3c4ccccc4c4cc(-n5c6ccccc6c6ccccc65)ccc43)cc([Si-](c3ccccc3)(c3ccccc3)c3ccccc3)c2)cc1. The van der Waals surface area contributed by atoms with Crippen LogP contribution in [0.15, 0.2) is 291 Å². The van der Waals surface area contributed by atoms with Gasteiger partial charge in [-0.15, -0.1) is 6.07 Å². The summed E-state index contributed by atoms with van der Waals surface area (Å²) in [5, 5.41) is 15.7. The molecule has 0 aliphatic rings. The minimum atomic E-state index is -3.08. The Hall–Kier alpha value is -8.55. The van der Waals surface area contributed by atoms with Crippen LogP contribution in [0.25, 0.3) is 55.0 Å². The van der Waals surface area contributed by atoms with E-state index < -0.39 is 16.1 Å². The van der Waals surface area contributed by atoms with Crippen LogP contribution in [-0.2, 0) is 0 Å². The van der Waals surface area contributed by atoms with Gasteiger partial charge in [-0.25, -0.2) is 0 Å². The molecule has 0 N–H and O–H groups in total. The number of para-hydroxylation sites is 3. The predicted octanol–water partition coefficient (Wildman–Crippen LogP) is 10.6. The van der Waals surface area contributed by atoms with Gasteiger partial charge in [-0.1, -0.05) is 249 Å². The molecule has 4 heteroatoms. The number of hydrogen-bond donors (Lipinski definition) is 0. The van der Waals surface area contributed by atoms with E-state index >= 15 is 0 Å². The Morgan fingerprint density at radius 3 is 0.800 bits per heavy atom. The average molecular weight is 925 g/mol. The van der Waals surface area contributed by atoms with Crippen LogP contribution in [0.3, 0.4) is 0 Å². The lowest BCUT2D eigenvalue weighted by Gasteiger charge is -2.51. The highest BCUT2D eigenvalue weighted by atomic mass is 28.3. The lowest BCUT2D eigenvalue weighted by Crippen LogP contribution is -2.78. The van der Waals surface area contributed by atoms with Crippen molar-refractivity contribution in [1.82, 2.24) is 9.13 Å². The van der Waals surface area contributed by atoms with E-state index in [1.807, 2.05) is 0 Å². The fourth-order valence-corrected chi connectivity index (χ4v) is 21.7. The summed E-state index contributed by atoms with van der Waals surface area (Å²) >= 11 is 0. The molecule has 0 unspecified atom stereocenters. The maximum absolute atomic E-state index is 3.08. The second-order valence-corrected chi connectivity index (χ2v) is 26.0. The van der Waals surface area contributed by atoms with E-state index in [0.29, 0.717) is 0 Å². The summed E-state index contributed by atoms with van der Waals surface area (Å²) < 4.78 is 5.00. The van der Waals surface area contributed by atoms with E-state index in [-0.39, 0.29) is 0 Å². The zero-order valence-electron chi connectivity index (χ0n) is 38.6. The molecule has 2 nitrogen and oxygen atoms in total. The van der Waals surface area contributed by atoms with Gasteiger partial charge >= 0.3 is 0 Å². The zero-order chi connectivity index (χ0) is 46.5. The van der Waals surface area contributed by atoms with Crippen molar-refractivity contribution < 1.29 is 0 Å². The van der Waals surface area contributed by atoms with Crippen LogP contribution in [0.4, 0.5) is 0 Å². The van der Waals surface area contributed by atoms with Gasteiger partial charge in [-0.05, 0) is 52.5 Å². The molecule has 13 aromatic rings. The molecule has 2 heterocycles. The molecule has 11 aromatic carbocycles. The highest BCUT2D eigenvalue weighted by Crippen LogP contribution is 2.37. The molecule has 0 spiro atoms. The second-order valence-electron chi connectivity index (χ2n) is 18.4. The first kappa shape index (κ1) is 41.6. The first-order valence-corrected chi connectivity index (χ1v) is 28.3. The number of fused-ring (bicyclic) bond motifs is 6. The monoisotopic (exact) mass is 924 g/mol. The first-order chi connectivity index (χ1) is 34.7. The standard InChI is InChI=1S/C66H48N2Si2/c1-7-25-51(26-8-1)69(52-27-9-2-10-28-52,53-29-11-3-12-30-53)57-45-50(46-58(48-57)70(54-31-13-4-14-32-54,55-33-15-5-16-34-55)56-35-17-6-18-36-56)68-65-42-24-21-39-61(65)62-47-49(43-44-66(62)68)67-63-40-22-19-37-59(63)60-38-20-23-41-64(60)67/h1-48H/q-2. The molecule has 0 aliphatic heterocycles. The Labute approximate surface area is 410 Å². The minimum Gasteiger partial charge on any atom is -0.309 e. The van der Waals surface area contributed by atoms with Crippen LogP contribution in [0.1, 0.15) is 0 Å². The van der Waals surface area contributed by atoms with E-state index in [2.05, 4.69) is 300 Å². The van der Waals surface area contributed by atoms with Crippen LogP contribution in [0, 0.1) is 0 Å². The number of rotatable bonds is 10. The summed E-state index contributed by atoms with van der Waals surface area (Å²) in [5.74, 6) is 0. The van der Waals surface area contributed by atoms with Crippen molar-refractivity contribution in [1.29, 1.82) is 0 Å². The van der Waals surface area contributed by atoms with Gasteiger partial charge in [-0.3, -0.25) is 0 Å². The van der Waals surface area contributed by atoms with Gasteiger partial charge in [0.15, 0.2) is 0 Å². The Kier molecular flexibility index (Phi) is 10.2. The largest absolute Gasteiger partial charge is 0.309 e. The van der Waals surface area contributed by atoms with Gasteiger partial charge in [0.1, 0.15) is 0 Å². The Morgan fingerprint density at radius 1 is 0.186 bits per heavy atom. The zero-order valence-corrected chi connectivity index (χ0v) is 40.6. The summed E-state index contributed by atoms with van der Waals surface area (Å²) in [4.78, 5) is 0. The molecule has 0 saturated heterocycles. The van der Waals surface area contributed by atoms with E-state index in [9.17, 15) is 0 Å². The number of benzene rings is 11. The molecule has 70 heavy (non-hydrogen) atoms. The van der Waals surface area contributed by atoms with Crippen LogP contribution in [-0.4, -0.2) is 25.3 Å². The lowest BCUT2D eigenvalue weighted by atomic mass is 10.1. The molecule has 0 atom stereocenters. The molecule has 0 amide bonds. The Morgan fingerprint density at radius 2 is 0.457 bits per heavy atom. The third-order valence-electron chi connectivity index (χ3n) is 14.8. The van der Waals surface area contributed by atoms with Gasteiger partial charge in [0.2, 0.25) is 0 Å². The van der Waals surface area contributed by atoms with Gasteiger partial charge in [0.05, 0.1) is 22.1 Å². The number of aromatic nitrogens is 2. The molecular formula is C66H48N2Si2-2. The highest BCUT2D eigenvalue weighted by molar-refractivity contribution is 7.22. The quantitative estimate of drug-likeness (QED) is 0.0956. The van der Waals surface area contributed by atoms with Gasteiger partial charge in [0, 0.05) is 32.9 Å². The fourth-order valence-electron chi connectivity index (χ4n) is 11.9. The normalized spacial score (nSPS) is 12.0. The summed E-state index contributed by atoms with van der Waals surface area (Å²) in [7, 11) is -6.17. The maximum Gasteiger partial charge on any atom is 0.0542 e. The van der Waals surface area contributed by atoms with E-state index in [4.69, 9.17) is 0 Å². The van der Waals surface area contributed by atoms with Crippen LogP contribution >= 0.6 is 0 Å². The van der Waals surface area contributed by atoms with Crippen molar-refractivity contribution in [3.8, 4) is 11.4 Å². The minimum absolute atomic E-state index is 1.15. The van der Waals surface area contributed by atoms with E-state index in [0.717, 1.165) is 11.4 Å². The molecule has 0 aliphatic carbocycles. The summed E-state index contributed by atoms with van der Waals surface area (Å²) in [5.41, 5.74) is 7.07. The second kappa shape index (κ2) is 17.2. The Balaban J connectivity index is 1.19. The lowest BCUT2D eigenvalue weighted by molar-refractivity contribution is 1.17. The summed E-state index contributed by atoms with van der Waals surface area (Å²) in [6.45, 7) is 0. The molecule has 0 radical (unpaired) electrons. The van der Waals surface area contributed by atoms with Crippen molar-refractivity contribution in [2.75, 3.05) is 0 Å². The van der Waals surface area contributed by atoms with Crippen molar-refractivity contribution in [3.05, 3.63) is 291 Å². The van der Waals surface area contributed by atoms with Crippen molar-refractivity contribution in [2.45, 2.75) is 0 Å². The van der Waals surface area contributed by atoms with Crippen molar-refractivity contribution in [3.63, 3.8) is 0 Å². The third kappa shape index (κ3) is 6.45. The van der Waals surface area contributed by atoms with Crippen molar-refractivity contribution in [2.24, 2.45) is 0 Å². The van der Waals surface area contributed by atoms with Crippen LogP contribution in [0.2, 0.25) is 0 Å². The molecule has 0 saturated carbocycles. The summed E-state index contributed by atoms with van der Waals surface area (Å²) in [6.07, 6.45) is 0. The highest BCUT2D eigenvalue weighted by Gasteiger charge is 2.33. The number of hydrogen-bond acceptors (Lipinski definition) is 0. The third-order valence-corrected chi connectivity index (χ3v) is 24.3. The molecule has 0 bridgehead atoms. The van der Waals surface area contributed by atoms with Gasteiger partial charge in [0.25, 0.3) is 0 Å². The Bertz CT molecular complexity index is 3590. The molecular weight excluding hydrogens is 877 g/mol. The fraction of sp³-hybridized carbons (Fsp3) is 0. The summed E-state index contributed by atoms with van der Waals surface area (Å²) in [6, 6.07) is 110. The van der Waals surface area contributed by atoms with E-state index in [1.165, 1.54) is 85.1 Å². The smallest absolute Gasteiger partial charge is 0.0542 e. The topological polar surface area (TPSA) is 9.86 Å². The molecule has 0 fully saturated rings. The first-order valence-electron chi connectivity index (χ1n) is 24.3. The van der Waals surface area contributed by atoms with E-state index in [1.54, 1.807) is 0 Å². The van der Waals surface area contributed by atoms with Gasteiger partial charge in [-0.2, -0.15) is 41.5 Å². The van der Waals surface area contributed by atoms with Gasteiger partial charge < -0.3 is 9.13 Å². The van der Waals surface area contributed by atoms with Crippen LogP contribution < -0.4 is 41.5 Å². The molecule has 2 aromatic heterocycles. The maximum atomic E-state index is 2.65. The molecule has 332 valence electrons. The predicted molar refractivity (Wildman–Crippen MR) is 302 cm³/mol. The molecule has 13 rings (SSSR count).